The summed E-state index contributed by atoms with van der Waals surface area (Å²) in [5.74, 6) is -0.0356. The van der Waals surface area contributed by atoms with Gasteiger partial charge in [0.25, 0.3) is 0 Å². The number of hydrogen-bond donors (Lipinski definition) is 0. The lowest BCUT2D eigenvalue weighted by Gasteiger charge is -2.08. The molecule has 0 bridgehead atoms. The van der Waals surface area contributed by atoms with Crippen LogP contribution in [0.3, 0.4) is 0 Å². The van der Waals surface area contributed by atoms with Gasteiger partial charge in [0.15, 0.2) is 6.29 Å². The molecule has 0 heterocycles. The fraction of sp³-hybridized carbons (Fsp3) is 0.222. The Kier molecular flexibility index (Phi) is 3.41. The van der Waals surface area contributed by atoms with Gasteiger partial charge in [0, 0.05) is 5.56 Å². The smallest absolute Gasteiger partial charge is 0.387 e. The van der Waals surface area contributed by atoms with E-state index in [9.17, 15) is 13.6 Å². The fourth-order valence-electron chi connectivity index (χ4n) is 0.982. The zero-order chi connectivity index (χ0) is 10.7. The lowest BCUT2D eigenvalue weighted by atomic mass is 10.1. The Morgan fingerprint density at radius 3 is 2.64 bits per heavy atom. The van der Waals surface area contributed by atoms with Gasteiger partial charge in [-0.25, -0.2) is 0 Å². The van der Waals surface area contributed by atoms with Crippen LogP contribution in [0.4, 0.5) is 8.78 Å². The third-order valence-corrected chi connectivity index (χ3v) is 1.96. The van der Waals surface area contributed by atoms with E-state index in [1.165, 1.54) is 12.1 Å². The molecule has 1 aromatic carbocycles. The minimum Gasteiger partial charge on any atom is -0.435 e. The molecular formula is C9H7ClF2O2. The lowest BCUT2D eigenvalue weighted by molar-refractivity contribution is -0.0503. The predicted molar refractivity (Wildman–Crippen MR) is 48.2 cm³/mol. The van der Waals surface area contributed by atoms with Crippen LogP contribution in [0.25, 0.3) is 0 Å². The molecule has 0 spiro atoms. The summed E-state index contributed by atoms with van der Waals surface area (Å²) in [6, 6.07) is 2.60. The molecule has 5 heteroatoms. The van der Waals surface area contributed by atoms with Crippen molar-refractivity contribution in [2.45, 2.75) is 13.5 Å². The Balaban J connectivity index is 3.10. The summed E-state index contributed by atoms with van der Waals surface area (Å²) in [6.45, 7) is -1.34. The minimum atomic E-state index is -2.91. The summed E-state index contributed by atoms with van der Waals surface area (Å²) in [5.41, 5.74) is 0.591. The quantitative estimate of drug-likeness (QED) is 0.732. The molecule has 0 fully saturated rings. The Hall–Kier alpha value is -1.16. The first-order valence-corrected chi connectivity index (χ1v) is 4.12. The summed E-state index contributed by atoms with van der Waals surface area (Å²) < 4.78 is 28.0. The highest BCUT2D eigenvalue weighted by atomic mass is 35.5. The lowest BCUT2D eigenvalue weighted by Crippen LogP contribution is -2.04. The van der Waals surface area contributed by atoms with Gasteiger partial charge in [0.2, 0.25) is 0 Å². The van der Waals surface area contributed by atoms with Gasteiger partial charge in [-0.2, -0.15) is 8.78 Å². The molecule has 0 amide bonds. The van der Waals surface area contributed by atoms with Crippen LogP contribution in [0.5, 0.6) is 5.75 Å². The molecule has 0 saturated carbocycles. The van der Waals surface area contributed by atoms with Gasteiger partial charge in [0.1, 0.15) is 5.75 Å². The van der Waals surface area contributed by atoms with Crippen molar-refractivity contribution in [1.82, 2.24) is 0 Å². The Morgan fingerprint density at radius 2 is 2.14 bits per heavy atom. The SMILES string of the molecule is Cc1cc(Cl)c(C=O)cc1OC(F)F. The zero-order valence-electron chi connectivity index (χ0n) is 7.26. The Bertz CT molecular complexity index is 353. The molecule has 0 N–H and O–H groups in total. The first-order valence-electron chi connectivity index (χ1n) is 3.74. The number of carbonyl (C=O) groups excluding carboxylic acids is 1. The number of benzene rings is 1. The second kappa shape index (κ2) is 4.37. The Labute approximate surface area is 84.4 Å². The van der Waals surface area contributed by atoms with Crippen LogP contribution in [-0.4, -0.2) is 12.9 Å². The van der Waals surface area contributed by atoms with E-state index in [2.05, 4.69) is 4.74 Å². The van der Waals surface area contributed by atoms with Crippen molar-refractivity contribution in [3.8, 4) is 5.75 Å². The summed E-state index contributed by atoms with van der Waals surface area (Å²) in [4.78, 5) is 10.4. The summed E-state index contributed by atoms with van der Waals surface area (Å²) in [6.07, 6.45) is 0.486. The van der Waals surface area contributed by atoms with Crippen molar-refractivity contribution in [2.24, 2.45) is 0 Å². The number of rotatable bonds is 3. The molecule has 0 atom stereocenters. The van der Waals surface area contributed by atoms with Crippen molar-refractivity contribution in [3.63, 3.8) is 0 Å². The molecule has 0 saturated heterocycles. The van der Waals surface area contributed by atoms with Crippen LogP contribution in [0, 0.1) is 6.92 Å². The van der Waals surface area contributed by atoms with Crippen LogP contribution >= 0.6 is 11.6 Å². The predicted octanol–water partition coefficient (Wildman–Crippen LogP) is 3.06. The number of carbonyl (C=O) groups is 1. The molecule has 2 nitrogen and oxygen atoms in total. The molecule has 0 aliphatic carbocycles. The molecular weight excluding hydrogens is 214 g/mol. The topological polar surface area (TPSA) is 26.3 Å². The van der Waals surface area contributed by atoms with Gasteiger partial charge in [-0.15, -0.1) is 0 Å². The fourth-order valence-corrected chi connectivity index (χ4v) is 1.24. The highest BCUT2D eigenvalue weighted by molar-refractivity contribution is 6.33. The molecule has 0 aliphatic rings. The maximum absolute atomic E-state index is 11.9. The molecule has 0 radical (unpaired) electrons. The molecule has 0 unspecified atom stereocenters. The van der Waals surface area contributed by atoms with Crippen molar-refractivity contribution >= 4 is 17.9 Å². The standard InChI is InChI=1S/C9H7ClF2O2/c1-5-2-7(10)6(4-13)3-8(5)14-9(11)12/h2-4,9H,1H3. The zero-order valence-corrected chi connectivity index (χ0v) is 8.02. The molecule has 0 aromatic heterocycles. The minimum absolute atomic E-state index is 0.0356. The highest BCUT2D eigenvalue weighted by Gasteiger charge is 2.10. The number of ether oxygens (including phenoxy) is 1. The van der Waals surface area contributed by atoms with Crippen LogP contribution in [0.1, 0.15) is 15.9 Å². The first-order chi connectivity index (χ1) is 6.54. The summed E-state index contributed by atoms with van der Waals surface area (Å²) >= 11 is 5.66. The average Bonchev–Trinajstić information content (AvgIpc) is 2.09. The van der Waals surface area contributed by atoms with Crippen LogP contribution in [0.15, 0.2) is 12.1 Å². The number of aldehydes is 1. The maximum atomic E-state index is 11.9. The van der Waals surface area contributed by atoms with E-state index in [1.54, 1.807) is 6.92 Å². The van der Waals surface area contributed by atoms with E-state index < -0.39 is 6.61 Å². The van der Waals surface area contributed by atoms with Crippen molar-refractivity contribution in [2.75, 3.05) is 0 Å². The first kappa shape index (κ1) is 10.9. The van der Waals surface area contributed by atoms with Gasteiger partial charge in [0.05, 0.1) is 5.02 Å². The van der Waals surface area contributed by atoms with Crippen molar-refractivity contribution in [3.05, 3.63) is 28.3 Å². The molecule has 1 rings (SSSR count). The summed E-state index contributed by atoms with van der Waals surface area (Å²) in [7, 11) is 0. The normalized spacial score (nSPS) is 10.4. The van der Waals surface area contributed by atoms with Gasteiger partial charge in [-0.05, 0) is 24.6 Å². The number of alkyl halides is 2. The molecule has 14 heavy (non-hydrogen) atoms. The van der Waals surface area contributed by atoms with E-state index in [4.69, 9.17) is 11.6 Å². The number of aryl methyl sites for hydroxylation is 1. The molecule has 76 valence electrons. The largest absolute Gasteiger partial charge is 0.435 e. The van der Waals surface area contributed by atoms with E-state index in [-0.39, 0.29) is 16.3 Å². The third kappa shape index (κ3) is 2.42. The van der Waals surface area contributed by atoms with Gasteiger partial charge >= 0.3 is 6.61 Å². The van der Waals surface area contributed by atoms with Gasteiger partial charge < -0.3 is 4.74 Å². The summed E-state index contributed by atoms with van der Waals surface area (Å²) in [5, 5.41) is 0.221. The number of halogens is 3. The molecule has 1 aromatic rings. The monoisotopic (exact) mass is 220 g/mol. The number of hydrogen-bond acceptors (Lipinski definition) is 2. The third-order valence-electron chi connectivity index (χ3n) is 1.64. The maximum Gasteiger partial charge on any atom is 0.387 e. The average molecular weight is 221 g/mol. The van der Waals surface area contributed by atoms with Crippen LogP contribution in [-0.2, 0) is 0 Å². The Morgan fingerprint density at radius 1 is 1.50 bits per heavy atom. The second-order valence-corrected chi connectivity index (χ2v) is 3.04. The van der Waals surface area contributed by atoms with E-state index in [0.29, 0.717) is 11.8 Å². The van der Waals surface area contributed by atoms with Crippen LogP contribution < -0.4 is 4.74 Å². The van der Waals surface area contributed by atoms with Crippen molar-refractivity contribution in [1.29, 1.82) is 0 Å². The van der Waals surface area contributed by atoms with Gasteiger partial charge in [-0.3, -0.25) is 4.79 Å². The van der Waals surface area contributed by atoms with E-state index in [1.807, 2.05) is 0 Å². The van der Waals surface area contributed by atoms with Gasteiger partial charge in [-0.1, -0.05) is 11.6 Å². The second-order valence-electron chi connectivity index (χ2n) is 2.64. The van der Waals surface area contributed by atoms with E-state index >= 15 is 0 Å². The molecule has 0 aliphatic heterocycles. The van der Waals surface area contributed by atoms with E-state index in [0.717, 1.165) is 0 Å². The van der Waals surface area contributed by atoms with Crippen LogP contribution in [0.2, 0.25) is 5.02 Å². The highest BCUT2D eigenvalue weighted by Crippen LogP contribution is 2.26. The van der Waals surface area contributed by atoms with Crippen molar-refractivity contribution < 1.29 is 18.3 Å².